The molecule has 0 aliphatic carbocycles. The van der Waals surface area contributed by atoms with Gasteiger partial charge in [0, 0.05) is 31.7 Å². The monoisotopic (exact) mass is 690 g/mol. The molecule has 0 aliphatic heterocycles. The first-order valence-corrected chi connectivity index (χ1v) is 13.8. The minimum Gasteiger partial charge on any atom is -0.461 e. The smallest absolute Gasteiger partial charge is 0.228 e. The van der Waals surface area contributed by atoms with Crippen LogP contribution in [-0.4, -0.2) is 5.78 Å². The van der Waals surface area contributed by atoms with Crippen molar-refractivity contribution >= 4 is 82.8 Å². The van der Waals surface area contributed by atoms with Gasteiger partial charge in [0.2, 0.25) is 5.78 Å². The van der Waals surface area contributed by atoms with Crippen LogP contribution < -0.4 is 0 Å². The fourth-order valence-corrected chi connectivity index (χ4v) is 5.24. The SMILES string of the molecule is Fc1ccc(Cc2cc3c(Br)cccc3o2)cc1Cl.O=C(c1ccc(F)c(Cl)c1)c1cc2c(Br)cccc2o1. The highest BCUT2D eigenvalue weighted by atomic mass is 79.9. The number of hydrogen-bond acceptors (Lipinski definition) is 3. The molecule has 3 nitrogen and oxygen atoms in total. The number of fused-ring (bicyclic) bond motifs is 2. The molecule has 0 saturated heterocycles. The minimum absolute atomic E-state index is 0.0897. The van der Waals surface area contributed by atoms with Gasteiger partial charge in [-0.15, -0.1) is 0 Å². The van der Waals surface area contributed by atoms with Crippen LogP contribution in [0.15, 0.2) is 103 Å². The summed E-state index contributed by atoms with van der Waals surface area (Å²) in [6, 6.07) is 23.4. The van der Waals surface area contributed by atoms with Gasteiger partial charge in [-0.3, -0.25) is 4.79 Å². The predicted octanol–water partition coefficient (Wildman–Crippen LogP) is 10.8. The molecule has 0 spiro atoms. The van der Waals surface area contributed by atoms with E-state index < -0.39 is 11.6 Å². The number of hydrogen-bond donors (Lipinski definition) is 0. The van der Waals surface area contributed by atoms with Crippen LogP contribution in [0.25, 0.3) is 21.9 Å². The number of rotatable bonds is 4. The fraction of sp³-hybridized carbons (Fsp3) is 0.0333. The zero-order chi connectivity index (χ0) is 27.7. The van der Waals surface area contributed by atoms with Gasteiger partial charge in [0.15, 0.2) is 5.76 Å². The van der Waals surface area contributed by atoms with E-state index in [1.165, 1.54) is 18.2 Å². The van der Waals surface area contributed by atoms with Crippen molar-refractivity contribution in [1.82, 2.24) is 0 Å². The first-order valence-electron chi connectivity index (χ1n) is 11.5. The third kappa shape index (κ3) is 6.12. The lowest BCUT2D eigenvalue weighted by atomic mass is 10.1. The van der Waals surface area contributed by atoms with E-state index in [1.807, 2.05) is 36.4 Å². The first-order chi connectivity index (χ1) is 18.7. The van der Waals surface area contributed by atoms with E-state index in [0.717, 1.165) is 42.7 Å². The number of halogens is 6. The number of furan rings is 2. The fourth-order valence-electron chi connectivity index (χ4n) is 3.93. The summed E-state index contributed by atoms with van der Waals surface area (Å²) < 4.78 is 39.3. The molecule has 0 fully saturated rings. The highest BCUT2D eigenvalue weighted by molar-refractivity contribution is 9.11. The Morgan fingerprint density at radius 3 is 1.90 bits per heavy atom. The molecule has 2 heterocycles. The van der Waals surface area contributed by atoms with Crippen molar-refractivity contribution in [2.75, 3.05) is 0 Å². The summed E-state index contributed by atoms with van der Waals surface area (Å²) in [4.78, 5) is 12.3. The van der Waals surface area contributed by atoms with Gasteiger partial charge >= 0.3 is 0 Å². The molecule has 0 saturated carbocycles. The molecule has 4 aromatic carbocycles. The van der Waals surface area contributed by atoms with Crippen molar-refractivity contribution in [3.63, 3.8) is 0 Å². The summed E-state index contributed by atoms with van der Waals surface area (Å²) >= 11 is 18.3. The van der Waals surface area contributed by atoms with E-state index in [2.05, 4.69) is 31.9 Å². The Labute approximate surface area is 248 Å². The predicted molar refractivity (Wildman–Crippen MR) is 157 cm³/mol. The summed E-state index contributed by atoms with van der Waals surface area (Å²) in [7, 11) is 0. The molecular weight excluding hydrogens is 677 g/mol. The lowest BCUT2D eigenvalue weighted by Gasteiger charge is -2.00. The van der Waals surface area contributed by atoms with Crippen LogP contribution in [0.5, 0.6) is 0 Å². The number of benzene rings is 4. The van der Waals surface area contributed by atoms with Gasteiger partial charge in [-0.05, 0) is 72.3 Å². The highest BCUT2D eigenvalue weighted by Gasteiger charge is 2.17. The molecule has 2 aromatic heterocycles. The second-order valence-electron chi connectivity index (χ2n) is 8.51. The van der Waals surface area contributed by atoms with Crippen molar-refractivity contribution in [2.24, 2.45) is 0 Å². The van der Waals surface area contributed by atoms with Crippen LogP contribution in [0.4, 0.5) is 8.78 Å². The third-order valence-electron chi connectivity index (χ3n) is 5.84. The van der Waals surface area contributed by atoms with Crippen LogP contribution in [0.2, 0.25) is 10.0 Å². The average Bonchev–Trinajstić information content (AvgIpc) is 3.54. The van der Waals surface area contributed by atoms with Crippen molar-refractivity contribution in [3.8, 4) is 0 Å². The topological polar surface area (TPSA) is 43.4 Å². The minimum atomic E-state index is -0.560. The van der Waals surface area contributed by atoms with Gasteiger partial charge in [0.05, 0.1) is 10.0 Å². The normalized spacial score (nSPS) is 11.0. The Bertz CT molecular complexity index is 1850. The number of carbonyl (C=O) groups excluding carboxylic acids is 1. The molecule has 0 unspecified atom stereocenters. The molecule has 0 N–H and O–H groups in total. The average molecular weight is 693 g/mol. The van der Waals surface area contributed by atoms with E-state index in [1.54, 1.807) is 24.3 Å². The summed E-state index contributed by atoms with van der Waals surface area (Å²) in [6.07, 6.45) is 0.584. The van der Waals surface area contributed by atoms with Gasteiger partial charge in [-0.1, -0.05) is 73.3 Å². The maximum atomic E-state index is 13.1. The lowest BCUT2D eigenvalue weighted by Crippen LogP contribution is -1.99. The Kier molecular flexibility index (Phi) is 8.24. The van der Waals surface area contributed by atoms with Gasteiger partial charge in [0.1, 0.15) is 28.6 Å². The van der Waals surface area contributed by atoms with E-state index in [0.29, 0.717) is 12.0 Å². The van der Waals surface area contributed by atoms with E-state index in [-0.39, 0.29) is 27.2 Å². The molecule has 0 bridgehead atoms. The van der Waals surface area contributed by atoms with Gasteiger partial charge in [-0.25, -0.2) is 8.78 Å². The van der Waals surface area contributed by atoms with Crippen molar-refractivity contribution in [2.45, 2.75) is 6.42 Å². The highest BCUT2D eigenvalue weighted by Crippen LogP contribution is 2.30. The number of carbonyl (C=O) groups is 1. The molecule has 196 valence electrons. The van der Waals surface area contributed by atoms with Crippen molar-refractivity contribution in [3.05, 3.63) is 138 Å². The molecule has 0 amide bonds. The summed E-state index contributed by atoms with van der Waals surface area (Å²) in [5, 5.41) is 1.89. The first kappa shape index (κ1) is 27.6. The van der Waals surface area contributed by atoms with Crippen molar-refractivity contribution in [1.29, 1.82) is 0 Å². The Morgan fingerprint density at radius 2 is 1.31 bits per heavy atom. The maximum Gasteiger partial charge on any atom is 0.228 e. The molecule has 6 rings (SSSR count). The Morgan fingerprint density at radius 1 is 0.718 bits per heavy atom. The molecule has 6 aromatic rings. The van der Waals surface area contributed by atoms with E-state index >= 15 is 0 Å². The zero-order valence-corrected chi connectivity index (χ0v) is 24.5. The van der Waals surface area contributed by atoms with E-state index in [9.17, 15) is 13.6 Å². The Hall–Kier alpha value is -2.97. The van der Waals surface area contributed by atoms with Crippen LogP contribution in [0, 0.1) is 11.6 Å². The van der Waals surface area contributed by atoms with Crippen molar-refractivity contribution < 1.29 is 22.4 Å². The molecule has 9 heteroatoms. The lowest BCUT2D eigenvalue weighted by molar-refractivity contribution is 0.101. The molecule has 0 radical (unpaired) electrons. The second kappa shape index (κ2) is 11.6. The number of ketones is 1. The standard InChI is InChI=1S/C15H7BrClFO2.C15H9BrClFO/c16-10-2-1-3-13-9(10)7-14(20-13)15(19)8-4-5-12(18)11(17)6-8;16-12-2-1-3-15-11(12)8-10(19-15)6-9-4-5-14(18)13(17)7-9/h1-7H;1-5,7-8H,6H2. The summed E-state index contributed by atoms with van der Waals surface area (Å²) in [6.45, 7) is 0. The Balaban J connectivity index is 0.000000158. The van der Waals surface area contributed by atoms with Crippen LogP contribution in [0.3, 0.4) is 0 Å². The summed E-state index contributed by atoms with van der Waals surface area (Å²) in [5.41, 5.74) is 2.64. The zero-order valence-electron chi connectivity index (χ0n) is 19.8. The van der Waals surface area contributed by atoms with Crippen LogP contribution >= 0.6 is 55.1 Å². The molecule has 0 atom stereocenters. The third-order valence-corrected chi connectivity index (χ3v) is 7.80. The molecule has 39 heavy (non-hydrogen) atoms. The van der Waals surface area contributed by atoms with Gasteiger partial charge in [-0.2, -0.15) is 0 Å². The van der Waals surface area contributed by atoms with Crippen LogP contribution in [-0.2, 0) is 6.42 Å². The van der Waals surface area contributed by atoms with Gasteiger partial charge in [0.25, 0.3) is 0 Å². The quantitative estimate of drug-likeness (QED) is 0.173. The molecule has 0 aliphatic rings. The van der Waals surface area contributed by atoms with Gasteiger partial charge < -0.3 is 8.83 Å². The summed E-state index contributed by atoms with van der Waals surface area (Å²) in [5.74, 6) is -0.289. The largest absolute Gasteiger partial charge is 0.461 e. The maximum absolute atomic E-state index is 13.1. The second-order valence-corrected chi connectivity index (χ2v) is 11.0. The molecular formula is C30H16Br2Cl2F2O3. The van der Waals surface area contributed by atoms with E-state index in [4.69, 9.17) is 32.0 Å². The van der Waals surface area contributed by atoms with Crippen LogP contribution in [0.1, 0.15) is 27.4 Å².